The molecule has 1 aromatic heterocycles. The van der Waals surface area contributed by atoms with Gasteiger partial charge in [0.2, 0.25) is 0 Å². The highest BCUT2D eigenvalue weighted by atomic mass is 35.5. The van der Waals surface area contributed by atoms with E-state index in [0.29, 0.717) is 16.2 Å². The fraction of sp³-hybridized carbons (Fsp3) is 0.222. The predicted molar refractivity (Wildman–Crippen MR) is 105 cm³/mol. The molecule has 1 atom stereocenters. The Labute approximate surface area is 165 Å². The van der Waals surface area contributed by atoms with Gasteiger partial charge in [-0.15, -0.1) is 11.8 Å². The van der Waals surface area contributed by atoms with Gasteiger partial charge in [-0.1, -0.05) is 11.6 Å². The molecule has 27 heavy (non-hydrogen) atoms. The standard InChI is InChI=1S/C18H17ClF2N4OS/c1-10(22-2)16(27-3)15(21)9-25-18(26)13-6-11(4-5-14(13)19)17-23-7-12(20)8-24-17/h4-8,15H,2,9H2,1,3H3,(H,25,26)/b16-10-. The zero-order valence-corrected chi connectivity index (χ0v) is 16.2. The molecule has 0 aliphatic carbocycles. The topological polar surface area (TPSA) is 67.2 Å². The minimum atomic E-state index is -1.42. The van der Waals surface area contributed by atoms with Gasteiger partial charge in [0.25, 0.3) is 5.91 Å². The summed E-state index contributed by atoms with van der Waals surface area (Å²) in [4.78, 5) is 24.3. The summed E-state index contributed by atoms with van der Waals surface area (Å²) in [6.45, 7) is 4.79. The highest BCUT2D eigenvalue weighted by Crippen LogP contribution is 2.25. The van der Waals surface area contributed by atoms with Crippen LogP contribution in [0.15, 0.2) is 46.2 Å². The zero-order chi connectivity index (χ0) is 20.0. The highest BCUT2D eigenvalue weighted by Gasteiger charge is 2.18. The van der Waals surface area contributed by atoms with Crippen LogP contribution >= 0.6 is 23.4 Å². The molecular weight excluding hydrogens is 394 g/mol. The summed E-state index contributed by atoms with van der Waals surface area (Å²) in [5.74, 6) is -0.872. The number of hydrogen-bond donors (Lipinski definition) is 1. The molecule has 0 aliphatic heterocycles. The molecule has 1 heterocycles. The van der Waals surface area contributed by atoms with Crippen molar-refractivity contribution in [1.82, 2.24) is 15.3 Å². The molecule has 2 aromatic rings. The summed E-state index contributed by atoms with van der Waals surface area (Å²) in [6, 6.07) is 4.59. The Morgan fingerprint density at radius 3 is 2.67 bits per heavy atom. The third-order valence-electron chi connectivity index (χ3n) is 3.63. The second-order valence-corrected chi connectivity index (χ2v) is 6.66. The van der Waals surface area contributed by atoms with Crippen LogP contribution in [0, 0.1) is 5.82 Å². The van der Waals surface area contributed by atoms with Crippen molar-refractivity contribution in [3.63, 3.8) is 0 Å². The Morgan fingerprint density at radius 1 is 1.41 bits per heavy atom. The Morgan fingerprint density at radius 2 is 2.07 bits per heavy atom. The van der Waals surface area contributed by atoms with Crippen LogP contribution in [0.1, 0.15) is 17.3 Å². The van der Waals surface area contributed by atoms with Crippen molar-refractivity contribution in [2.24, 2.45) is 4.99 Å². The molecule has 0 fully saturated rings. The lowest BCUT2D eigenvalue weighted by atomic mass is 10.1. The van der Waals surface area contributed by atoms with Gasteiger partial charge in [-0.3, -0.25) is 9.79 Å². The molecule has 1 unspecified atom stereocenters. The van der Waals surface area contributed by atoms with Gasteiger partial charge in [-0.25, -0.2) is 18.7 Å². The van der Waals surface area contributed by atoms with Gasteiger partial charge < -0.3 is 5.32 Å². The number of carbonyl (C=O) groups excluding carboxylic acids is 1. The number of benzene rings is 1. The molecule has 9 heteroatoms. The number of allylic oxidation sites excluding steroid dienone is 1. The number of aliphatic imine (C=N–C) groups is 1. The number of aromatic nitrogens is 2. The summed E-state index contributed by atoms with van der Waals surface area (Å²) in [5, 5.41) is 2.71. The minimum Gasteiger partial charge on any atom is -0.349 e. The van der Waals surface area contributed by atoms with Crippen molar-refractivity contribution in [3.05, 3.63) is 57.6 Å². The molecule has 1 aromatic carbocycles. The maximum Gasteiger partial charge on any atom is 0.252 e. The second kappa shape index (κ2) is 9.57. The van der Waals surface area contributed by atoms with E-state index in [2.05, 4.69) is 27.0 Å². The van der Waals surface area contributed by atoms with Crippen LogP contribution in [-0.4, -0.2) is 41.6 Å². The van der Waals surface area contributed by atoms with Crippen LogP contribution in [0.5, 0.6) is 0 Å². The van der Waals surface area contributed by atoms with Gasteiger partial charge >= 0.3 is 0 Å². The number of halogens is 3. The predicted octanol–water partition coefficient (Wildman–Crippen LogP) is 4.30. The van der Waals surface area contributed by atoms with Gasteiger partial charge in [-0.2, -0.15) is 0 Å². The van der Waals surface area contributed by atoms with E-state index in [-0.39, 0.29) is 23.0 Å². The molecule has 1 N–H and O–H groups in total. The quantitative estimate of drug-likeness (QED) is 0.691. The SMILES string of the molecule is C=N/C(C)=C(\SC)C(F)CNC(=O)c1cc(-c2ncc(F)cn2)ccc1Cl. The van der Waals surface area contributed by atoms with E-state index in [1.165, 1.54) is 23.9 Å². The largest absolute Gasteiger partial charge is 0.349 e. The third kappa shape index (κ3) is 5.33. The molecule has 2 rings (SSSR count). The number of amides is 1. The first-order valence-corrected chi connectivity index (χ1v) is 9.38. The summed E-state index contributed by atoms with van der Waals surface area (Å²) in [7, 11) is 0. The Hall–Kier alpha value is -2.32. The fourth-order valence-corrected chi connectivity index (χ4v) is 3.15. The molecule has 142 valence electrons. The van der Waals surface area contributed by atoms with Crippen molar-refractivity contribution in [2.75, 3.05) is 12.8 Å². The average Bonchev–Trinajstić information content (AvgIpc) is 2.67. The molecule has 0 bridgehead atoms. The first-order valence-electron chi connectivity index (χ1n) is 7.78. The van der Waals surface area contributed by atoms with Crippen molar-refractivity contribution in [2.45, 2.75) is 13.1 Å². The number of nitrogens with one attached hydrogen (secondary N) is 1. The van der Waals surface area contributed by atoms with Crippen LogP contribution in [0.4, 0.5) is 8.78 Å². The van der Waals surface area contributed by atoms with Crippen LogP contribution in [0.3, 0.4) is 0 Å². The molecule has 0 saturated carbocycles. The van der Waals surface area contributed by atoms with Gasteiger partial charge in [0.15, 0.2) is 11.6 Å². The number of hydrogen-bond acceptors (Lipinski definition) is 5. The van der Waals surface area contributed by atoms with Crippen LogP contribution in [-0.2, 0) is 0 Å². The molecular formula is C18H17ClF2N4OS. The average molecular weight is 411 g/mol. The molecule has 0 aliphatic rings. The zero-order valence-electron chi connectivity index (χ0n) is 14.7. The van der Waals surface area contributed by atoms with E-state index in [1.54, 1.807) is 19.2 Å². The molecule has 0 spiro atoms. The lowest BCUT2D eigenvalue weighted by Crippen LogP contribution is -2.31. The number of alkyl halides is 1. The number of rotatable bonds is 7. The minimum absolute atomic E-state index is 0.141. The third-order valence-corrected chi connectivity index (χ3v) is 4.95. The summed E-state index contributed by atoms with van der Waals surface area (Å²) in [6.07, 6.45) is 2.35. The summed E-state index contributed by atoms with van der Waals surface area (Å²) >= 11 is 7.30. The van der Waals surface area contributed by atoms with Crippen molar-refractivity contribution in [3.8, 4) is 11.4 Å². The molecule has 5 nitrogen and oxygen atoms in total. The number of carbonyl (C=O) groups is 1. The molecule has 0 radical (unpaired) electrons. The van der Waals surface area contributed by atoms with E-state index in [9.17, 15) is 13.6 Å². The Kier molecular flexibility index (Phi) is 7.44. The first kappa shape index (κ1) is 21.0. The molecule has 1 amide bonds. The van der Waals surface area contributed by atoms with E-state index >= 15 is 0 Å². The number of nitrogens with zero attached hydrogens (tertiary/aromatic N) is 3. The Bertz CT molecular complexity index is 874. The van der Waals surface area contributed by atoms with Crippen LogP contribution < -0.4 is 5.32 Å². The van der Waals surface area contributed by atoms with E-state index < -0.39 is 17.9 Å². The van der Waals surface area contributed by atoms with Crippen molar-refractivity contribution >= 4 is 36.0 Å². The van der Waals surface area contributed by atoms with Crippen LogP contribution in [0.2, 0.25) is 5.02 Å². The maximum atomic E-state index is 14.4. The first-order chi connectivity index (χ1) is 12.9. The van der Waals surface area contributed by atoms with Gasteiger partial charge in [0.1, 0.15) is 6.17 Å². The number of thioether (sulfide) groups is 1. The second-order valence-electron chi connectivity index (χ2n) is 5.41. The van der Waals surface area contributed by atoms with Crippen LogP contribution in [0.25, 0.3) is 11.4 Å². The molecule has 0 saturated heterocycles. The van der Waals surface area contributed by atoms with E-state index in [1.807, 2.05) is 0 Å². The van der Waals surface area contributed by atoms with E-state index in [4.69, 9.17) is 11.6 Å². The van der Waals surface area contributed by atoms with Gasteiger partial charge in [-0.05, 0) is 38.1 Å². The summed E-state index contributed by atoms with van der Waals surface area (Å²) in [5.41, 5.74) is 1.10. The van der Waals surface area contributed by atoms with Gasteiger partial charge in [0, 0.05) is 16.2 Å². The Balaban J connectivity index is 2.17. The van der Waals surface area contributed by atoms with Gasteiger partial charge in [0.05, 0.1) is 29.5 Å². The fourth-order valence-electron chi connectivity index (χ4n) is 2.25. The van der Waals surface area contributed by atoms with Crippen molar-refractivity contribution < 1.29 is 13.6 Å². The lowest BCUT2D eigenvalue weighted by Gasteiger charge is -2.14. The summed E-state index contributed by atoms with van der Waals surface area (Å²) < 4.78 is 27.4. The normalized spacial score (nSPS) is 12.9. The lowest BCUT2D eigenvalue weighted by molar-refractivity contribution is 0.0946. The van der Waals surface area contributed by atoms with E-state index in [0.717, 1.165) is 12.4 Å². The monoisotopic (exact) mass is 410 g/mol. The van der Waals surface area contributed by atoms with Crippen molar-refractivity contribution in [1.29, 1.82) is 0 Å². The highest BCUT2D eigenvalue weighted by molar-refractivity contribution is 8.02. The smallest absolute Gasteiger partial charge is 0.252 e. The maximum absolute atomic E-state index is 14.4.